The quantitative estimate of drug-likeness (QED) is 0.328. The van der Waals surface area contributed by atoms with E-state index in [1.54, 1.807) is 24.3 Å². The summed E-state index contributed by atoms with van der Waals surface area (Å²) in [5, 5.41) is 11.7. The maximum Gasteiger partial charge on any atom is 0.307 e. The Morgan fingerprint density at radius 2 is 1.76 bits per heavy atom. The third kappa shape index (κ3) is 9.82. The third-order valence-corrected chi connectivity index (χ3v) is 7.08. The molecule has 1 saturated heterocycles. The number of nitriles is 1. The summed E-state index contributed by atoms with van der Waals surface area (Å²) >= 11 is 1.21. The van der Waals surface area contributed by atoms with Gasteiger partial charge in [-0.1, -0.05) is 18.2 Å². The minimum atomic E-state index is -0.526. The van der Waals surface area contributed by atoms with E-state index in [0.717, 1.165) is 12.8 Å². The Morgan fingerprint density at radius 3 is 2.37 bits per heavy atom. The number of benzene rings is 1. The zero-order valence-corrected chi connectivity index (χ0v) is 23.4. The molecule has 1 N–H and O–H groups in total. The first-order chi connectivity index (χ1) is 17.9. The lowest BCUT2D eigenvalue weighted by molar-refractivity contribution is -0.155. The molecule has 0 aromatic heterocycles. The van der Waals surface area contributed by atoms with Crippen LogP contribution < -0.4 is 5.32 Å². The number of nitrogens with zero attached hydrogens (tertiary/aromatic N) is 3. The van der Waals surface area contributed by atoms with Crippen LogP contribution in [-0.2, 0) is 23.9 Å². The minimum absolute atomic E-state index is 0.0630. The number of aliphatic imine (C=N–C) groups is 1. The fourth-order valence-corrected chi connectivity index (χ4v) is 5.02. The standard InChI is InChI=1S/C27H36N4O6S/c1-18-23(25(35)29-15-14-21(32)36-5)38-26(30-24(34)20-12-10-19(17-28)11-13-20)31(18)16-8-6-7-9-22(33)37-27(2,3)4/h10-13,18,23H,6-9,14-16H2,1-5H3,(H,29,35). The Labute approximate surface area is 228 Å². The lowest BCUT2D eigenvalue weighted by Crippen LogP contribution is -2.43. The number of amidine groups is 1. The van der Waals surface area contributed by atoms with Gasteiger partial charge in [-0.25, -0.2) is 0 Å². The highest BCUT2D eigenvalue weighted by Crippen LogP contribution is 2.32. The zero-order valence-electron chi connectivity index (χ0n) is 22.6. The number of hydrogen-bond donors (Lipinski definition) is 1. The van der Waals surface area contributed by atoms with Crippen molar-refractivity contribution in [3.8, 4) is 6.07 Å². The van der Waals surface area contributed by atoms with Crippen molar-refractivity contribution in [1.29, 1.82) is 5.26 Å². The predicted molar refractivity (Wildman–Crippen MR) is 144 cm³/mol. The fraction of sp³-hybridized carbons (Fsp3) is 0.556. The van der Waals surface area contributed by atoms with Crippen LogP contribution in [0.3, 0.4) is 0 Å². The second-order valence-corrected chi connectivity index (χ2v) is 11.0. The molecule has 2 atom stereocenters. The van der Waals surface area contributed by atoms with Crippen LogP contribution in [0.25, 0.3) is 0 Å². The SMILES string of the molecule is COC(=O)CCNC(=O)C1SC(=NC(=O)c2ccc(C#N)cc2)N(CCCCCC(=O)OC(C)(C)C)C1C. The van der Waals surface area contributed by atoms with Gasteiger partial charge in [0.15, 0.2) is 5.17 Å². The molecule has 0 aliphatic carbocycles. The molecule has 1 heterocycles. The first-order valence-corrected chi connectivity index (χ1v) is 13.5. The molecule has 1 aromatic carbocycles. The summed E-state index contributed by atoms with van der Waals surface area (Å²) in [5.74, 6) is -1.37. The van der Waals surface area contributed by atoms with Crippen molar-refractivity contribution in [2.75, 3.05) is 20.2 Å². The van der Waals surface area contributed by atoms with Gasteiger partial charge in [0, 0.05) is 31.1 Å². The van der Waals surface area contributed by atoms with Crippen molar-refractivity contribution in [3.05, 3.63) is 35.4 Å². The van der Waals surface area contributed by atoms with Crippen LogP contribution >= 0.6 is 11.8 Å². The van der Waals surface area contributed by atoms with E-state index in [2.05, 4.69) is 15.0 Å². The van der Waals surface area contributed by atoms with Gasteiger partial charge in [0.05, 0.1) is 25.2 Å². The van der Waals surface area contributed by atoms with Gasteiger partial charge in [0.1, 0.15) is 10.9 Å². The summed E-state index contributed by atoms with van der Waals surface area (Å²) in [4.78, 5) is 55.3. The van der Waals surface area contributed by atoms with Gasteiger partial charge in [0.25, 0.3) is 5.91 Å². The normalized spacial score (nSPS) is 18.1. The second kappa shape index (κ2) is 14.5. The highest BCUT2D eigenvalue weighted by molar-refractivity contribution is 8.15. The number of ether oxygens (including phenoxy) is 2. The molecule has 0 saturated carbocycles. The maximum absolute atomic E-state index is 12.9. The van der Waals surface area contributed by atoms with Gasteiger partial charge in [-0.2, -0.15) is 10.3 Å². The van der Waals surface area contributed by atoms with Crippen LogP contribution in [0.5, 0.6) is 0 Å². The molecule has 10 nitrogen and oxygen atoms in total. The predicted octanol–water partition coefficient (Wildman–Crippen LogP) is 3.44. The van der Waals surface area contributed by atoms with Crippen LogP contribution in [0.1, 0.15) is 75.7 Å². The van der Waals surface area contributed by atoms with Gasteiger partial charge in [-0.05, 0) is 64.8 Å². The molecule has 0 spiro atoms. The molecule has 206 valence electrons. The summed E-state index contributed by atoms with van der Waals surface area (Å²) in [6.45, 7) is 8.09. The fourth-order valence-electron chi connectivity index (χ4n) is 3.73. The Bertz CT molecular complexity index is 1070. The highest BCUT2D eigenvalue weighted by atomic mass is 32.2. The Kier molecular flexibility index (Phi) is 11.8. The third-order valence-electron chi connectivity index (χ3n) is 5.68. The van der Waals surface area contributed by atoms with Crippen LogP contribution in [0.2, 0.25) is 0 Å². The van der Waals surface area contributed by atoms with Crippen molar-refractivity contribution >= 4 is 40.7 Å². The second-order valence-electron chi connectivity index (χ2n) is 9.88. The van der Waals surface area contributed by atoms with Crippen molar-refractivity contribution in [2.24, 2.45) is 4.99 Å². The maximum atomic E-state index is 12.9. The van der Waals surface area contributed by atoms with Gasteiger partial charge in [0.2, 0.25) is 5.91 Å². The molecule has 1 aromatic rings. The summed E-state index contributed by atoms with van der Waals surface area (Å²) in [7, 11) is 1.29. The van der Waals surface area contributed by atoms with Crippen LogP contribution in [0.4, 0.5) is 0 Å². The molecule has 1 aliphatic rings. The lowest BCUT2D eigenvalue weighted by Gasteiger charge is -2.25. The average molecular weight is 545 g/mol. The Morgan fingerprint density at radius 1 is 1.08 bits per heavy atom. The van der Waals surface area contributed by atoms with Crippen molar-refractivity contribution < 1.29 is 28.7 Å². The first-order valence-electron chi connectivity index (χ1n) is 12.6. The number of nitrogens with one attached hydrogen (secondary N) is 1. The summed E-state index contributed by atoms with van der Waals surface area (Å²) in [5.41, 5.74) is 0.265. The van der Waals surface area contributed by atoms with E-state index in [-0.39, 0.29) is 30.9 Å². The number of amides is 2. The minimum Gasteiger partial charge on any atom is -0.469 e. The monoisotopic (exact) mass is 544 g/mol. The van der Waals surface area contributed by atoms with Gasteiger partial charge >= 0.3 is 11.9 Å². The highest BCUT2D eigenvalue weighted by Gasteiger charge is 2.40. The molecule has 1 fully saturated rings. The molecule has 2 unspecified atom stereocenters. The molecular formula is C27H36N4O6S. The first kappa shape index (κ1) is 30.8. The van der Waals surface area contributed by atoms with Crippen molar-refractivity contribution in [2.45, 2.75) is 76.7 Å². The summed E-state index contributed by atoms with van der Waals surface area (Å²) in [6.07, 6.45) is 2.55. The number of carbonyl (C=O) groups excluding carboxylic acids is 4. The van der Waals surface area contributed by atoms with Gasteiger partial charge < -0.3 is 19.7 Å². The van der Waals surface area contributed by atoms with Gasteiger partial charge in [-0.3, -0.25) is 19.2 Å². The molecule has 11 heteroatoms. The molecule has 2 rings (SSSR count). The van der Waals surface area contributed by atoms with Crippen LogP contribution in [0, 0.1) is 11.3 Å². The Balaban J connectivity index is 2.07. The van der Waals surface area contributed by atoms with E-state index in [1.165, 1.54) is 18.9 Å². The molecule has 38 heavy (non-hydrogen) atoms. The topological polar surface area (TPSA) is 138 Å². The molecule has 0 radical (unpaired) electrons. The van der Waals surface area contributed by atoms with Gasteiger partial charge in [-0.15, -0.1) is 0 Å². The number of esters is 2. The van der Waals surface area contributed by atoms with E-state index >= 15 is 0 Å². The van der Waals surface area contributed by atoms with Crippen molar-refractivity contribution in [1.82, 2.24) is 10.2 Å². The van der Waals surface area contributed by atoms with E-state index in [1.807, 2.05) is 38.7 Å². The largest absolute Gasteiger partial charge is 0.469 e. The molecule has 1 aliphatic heterocycles. The van der Waals surface area contributed by atoms with Crippen LogP contribution in [-0.4, -0.2) is 70.9 Å². The van der Waals surface area contributed by atoms with E-state index in [4.69, 9.17) is 10.00 Å². The number of unbranched alkanes of at least 4 members (excludes halogenated alkanes) is 2. The number of carbonyl (C=O) groups is 4. The molecular weight excluding hydrogens is 508 g/mol. The Hall–Kier alpha value is -3.39. The number of thioether (sulfide) groups is 1. The molecule has 2 amide bonds. The smallest absolute Gasteiger partial charge is 0.307 e. The summed E-state index contributed by atoms with van der Waals surface area (Å²) in [6, 6.07) is 7.96. The number of rotatable bonds is 11. The van der Waals surface area contributed by atoms with E-state index in [9.17, 15) is 19.2 Å². The zero-order chi connectivity index (χ0) is 28.3. The number of hydrogen-bond acceptors (Lipinski definition) is 8. The molecule has 0 bridgehead atoms. The average Bonchev–Trinajstić information content (AvgIpc) is 3.17. The number of methoxy groups -OCH3 is 1. The summed E-state index contributed by atoms with van der Waals surface area (Å²) < 4.78 is 9.95. The van der Waals surface area contributed by atoms with Crippen LogP contribution in [0.15, 0.2) is 29.3 Å². The van der Waals surface area contributed by atoms with E-state index in [0.29, 0.717) is 35.7 Å². The van der Waals surface area contributed by atoms with Crippen molar-refractivity contribution in [3.63, 3.8) is 0 Å². The van der Waals surface area contributed by atoms with E-state index < -0.39 is 22.7 Å². The lowest BCUT2D eigenvalue weighted by atomic mass is 10.1.